The highest BCUT2D eigenvalue weighted by molar-refractivity contribution is 5.94. The Morgan fingerprint density at radius 2 is 1.96 bits per heavy atom. The van der Waals surface area contributed by atoms with Crippen molar-refractivity contribution in [3.8, 4) is 5.75 Å². The van der Waals surface area contributed by atoms with Crippen molar-refractivity contribution in [3.05, 3.63) is 24.0 Å². The number of nitrogens with zero attached hydrogens (tertiary/aromatic N) is 2. The normalized spacial score (nSPS) is 16.2. The Morgan fingerprint density at radius 1 is 1.25 bits per heavy atom. The van der Waals surface area contributed by atoms with Crippen LogP contribution in [0.5, 0.6) is 5.75 Å². The summed E-state index contributed by atoms with van der Waals surface area (Å²) in [5.41, 5.74) is 0.212. The highest BCUT2D eigenvalue weighted by atomic mass is 16.5. The Balaban J connectivity index is 0.00000122. The lowest BCUT2D eigenvalue weighted by Gasteiger charge is -2.21. The van der Waals surface area contributed by atoms with Gasteiger partial charge in [0.15, 0.2) is 11.4 Å². The zero-order valence-electron chi connectivity index (χ0n) is 15.8. The topological polar surface area (TPSA) is 138 Å². The average molecular weight is 394 g/mol. The number of hydrogen-bond acceptors (Lipinski definition) is 6. The lowest BCUT2D eigenvalue weighted by Crippen LogP contribution is -2.35. The fourth-order valence-electron chi connectivity index (χ4n) is 2.53. The second-order valence-corrected chi connectivity index (χ2v) is 5.87. The zero-order chi connectivity index (χ0) is 20.8. The van der Waals surface area contributed by atoms with Crippen LogP contribution >= 0.6 is 0 Å². The van der Waals surface area contributed by atoms with E-state index in [1.807, 2.05) is 0 Å². The number of amides is 3. The van der Waals surface area contributed by atoms with Gasteiger partial charge in [0.1, 0.15) is 6.61 Å². The largest absolute Gasteiger partial charge is 0.489 e. The van der Waals surface area contributed by atoms with Crippen molar-refractivity contribution in [1.29, 1.82) is 0 Å². The number of rotatable bonds is 0. The summed E-state index contributed by atoms with van der Waals surface area (Å²) in [5, 5.41) is 12.4. The predicted molar refractivity (Wildman–Crippen MR) is 99.9 cm³/mol. The Morgan fingerprint density at radius 3 is 2.68 bits per heavy atom. The minimum atomic E-state index is -0.318. The summed E-state index contributed by atoms with van der Waals surface area (Å²) in [4.78, 5) is 49.9. The molecule has 3 N–H and O–H groups in total. The van der Waals surface area contributed by atoms with Crippen molar-refractivity contribution in [2.24, 2.45) is 0 Å². The fraction of sp³-hybridized carbons (Fsp3) is 0.500. The van der Waals surface area contributed by atoms with Crippen LogP contribution in [-0.4, -0.2) is 72.0 Å². The predicted octanol–water partition coefficient (Wildman–Crippen LogP) is 0.0396. The molecule has 10 heteroatoms. The van der Waals surface area contributed by atoms with Gasteiger partial charge in [0.25, 0.3) is 12.4 Å². The van der Waals surface area contributed by atoms with E-state index in [9.17, 15) is 14.4 Å². The number of carbonyl (C=O) groups is 4. The van der Waals surface area contributed by atoms with Crippen LogP contribution in [0.2, 0.25) is 0 Å². The van der Waals surface area contributed by atoms with Crippen LogP contribution in [0.3, 0.4) is 0 Å². The molecule has 1 aliphatic heterocycles. The number of ether oxygens (including phenoxy) is 1. The van der Waals surface area contributed by atoms with Crippen LogP contribution in [-0.2, 0) is 14.4 Å². The molecule has 1 aliphatic rings. The van der Waals surface area contributed by atoms with E-state index in [-0.39, 0.29) is 36.5 Å². The minimum absolute atomic E-state index is 0.0340. The molecule has 0 spiro atoms. The number of carboxylic acid groups (broad SMARTS) is 1. The van der Waals surface area contributed by atoms with Crippen LogP contribution in [0, 0.1) is 0 Å². The molecule has 1 aromatic heterocycles. The first kappa shape index (κ1) is 22.9. The monoisotopic (exact) mass is 394 g/mol. The number of aromatic nitrogens is 1. The van der Waals surface area contributed by atoms with E-state index in [0.29, 0.717) is 51.2 Å². The maximum atomic E-state index is 12.3. The summed E-state index contributed by atoms with van der Waals surface area (Å²) in [5.74, 6) is -0.0515. The van der Waals surface area contributed by atoms with Crippen LogP contribution in [0.1, 0.15) is 36.7 Å². The number of pyridine rings is 1. The summed E-state index contributed by atoms with van der Waals surface area (Å²) in [6.07, 6.45) is 3.12. The molecular weight excluding hydrogens is 368 g/mol. The van der Waals surface area contributed by atoms with E-state index in [0.717, 1.165) is 0 Å². The summed E-state index contributed by atoms with van der Waals surface area (Å²) in [6.45, 7) is 3.33. The molecule has 0 radical (unpaired) electrons. The third-order valence-corrected chi connectivity index (χ3v) is 3.84. The molecule has 0 saturated heterocycles. The maximum absolute atomic E-state index is 12.3. The van der Waals surface area contributed by atoms with Crippen molar-refractivity contribution < 1.29 is 29.0 Å². The van der Waals surface area contributed by atoms with Gasteiger partial charge >= 0.3 is 0 Å². The molecule has 0 atom stereocenters. The third-order valence-electron chi connectivity index (χ3n) is 3.84. The van der Waals surface area contributed by atoms with Gasteiger partial charge in [0, 0.05) is 39.2 Å². The smallest absolute Gasteiger partial charge is 0.290 e. The molecule has 0 aromatic carbocycles. The van der Waals surface area contributed by atoms with Gasteiger partial charge in [-0.2, -0.15) is 0 Å². The van der Waals surface area contributed by atoms with Gasteiger partial charge in [-0.3, -0.25) is 19.2 Å². The van der Waals surface area contributed by atoms with Gasteiger partial charge in [-0.25, -0.2) is 4.98 Å². The molecule has 2 heterocycles. The van der Waals surface area contributed by atoms with Crippen LogP contribution in [0.15, 0.2) is 18.3 Å². The van der Waals surface area contributed by atoms with E-state index in [1.165, 1.54) is 13.1 Å². The highest BCUT2D eigenvalue weighted by Crippen LogP contribution is 2.15. The Labute approximate surface area is 163 Å². The van der Waals surface area contributed by atoms with Gasteiger partial charge in [-0.05, 0) is 25.0 Å². The van der Waals surface area contributed by atoms with Gasteiger partial charge < -0.3 is 25.4 Å². The van der Waals surface area contributed by atoms with Gasteiger partial charge in [0.2, 0.25) is 11.8 Å². The second kappa shape index (κ2) is 13.1. The average Bonchev–Trinajstić information content (AvgIpc) is 2.67. The Bertz CT molecular complexity index is 667. The number of hydrogen-bond donors (Lipinski definition) is 3. The number of fused-ring (bicyclic) bond motifs is 1. The van der Waals surface area contributed by atoms with E-state index in [1.54, 1.807) is 17.0 Å². The molecular formula is C18H26N4O6. The van der Waals surface area contributed by atoms with Crippen LogP contribution in [0.4, 0.5) is 0 Å². The lowest BCUT2D eigenvalue weighted by molar-refractivity contribution is -0.129. The van der Waals surface area contributed by atoms with Crippen LogP contribution < -0.4 is 15.4 Å². The third kappa shape index (κ3) is 8.47. The Hall–Kier alpha value is -3.17. The first-order valence-electron chi connectivity index (χ1n) is 8.95. The standard InChI is InChI=1S/C17H24N4O4.CH2O2/c1-13(22)21-10-3-6-15(23)18-9-12-25-14-5-2-7-19-16(14)17(24)20-8-4-11-21;2-1-3/h2,5,7H,3-4,6,8-12H2,1H3,(H,18,23)(H,20,24);1H,(H,2,3). The molecule has 154 valence electrons. The minimum Gasteiger partial charge on any atom is -0.489 e. The zero-order valence-corrected chi connectivity index (χ0v) is 15.8. The molecule has 0 saturated carbocycles. The van der Waals surface area contributed by atoms with E-state index < -0.39 is 0 Å². The molecule has 0 bridgehead atoms. The van der Waals surface area contributed by atoms with Crippen LogP contribution in [0.25, 0.3) is 0 Å². The lowest BCUT2D eigenvalue weighted by atomic mass is 10.2. The van der Waals surface area contributed by atoms with Gasteiger partial charge in [0.05, 0.1) is 6.54 Å². The second-order valence-electron chi connectivity index (χ2n) is 5.87. The van der Waals surface area contributed by atoms with E-state index in [2.05, 4.69) is 15.6 Å². The van der Waals surface area contributed by atoms with Crippen molar-refractivity contribution in [2.75, 3.05) is 32.8 Å². The molecule has 0 aliphatic carbocycles. The SMILES string of the molecule is CC(=O)N1CCCNC(=O)c2ncccc2OCCNC(=O)CCC1.O=CO. The number of nitrogens with one attached hydrogen (secondary N) is 2. The summed E-state index contributed by atoms with van der Waals surface area (Å²) in [7, 11) is 0. The highest BCUT2D eigenvalue weighted by Gasteiger charge is 2.15. The summed E-state index contributed by atoms with van der Waals surface area (Å²) in [6, 6.07) is 3.36. The molecule has 28 heavy (non-hydrogen) atoms. The molecule has 0 fully saturated rings. The first-order chi connectivity index (χ1) is 13.5. The molecule has 1 aromatic rings. The Kier molecular flexibility index (Phi) is 10.7. The fourth-order valence-corrected chi connectivity index (χ4v) is 2.53. The van der Waals surface area contributed by atoms with Gasteiger partial charge in [-0.15, -0.1) is 0 Å². The maximum Gasteiger partial charge on any atom is 0.290 e. The van der Waals surface area contributed by atoms with E-state index >= 15 is 0 Å². The molecule has 10 nitrogen and oxygen atoms in total. The number of carbonyl (C=O) groups excluding carboxylic acids is 3. The van der Waals surface area contributed by atoms with Crippen molar-refractivity contribution >= 4 is 24.2 Å². The molecule has 2 rings (SSSR count). The van der Waals surface area contributed by atoms with Gasteiger partial charge in [-0.1, -0.05) is 0 Å². The van der Waals surface area contributed by atoms with Crippen molar-refractivity contribution in [3.63, 3.8) is 0 Å². The van der Waals surface area contributed by atoms with Crippen molar-refractivity contribution in [1.82, 2.24) is 20.5 Å². The summed E-state index contributed by atoms with van der Waals surface area (Å²) >= 11 is 0. The van der Waals surface area contributed by atoms with E-state index in [4.69, 9.17) is 14.6 Å². The first-order valence-corrected chi connectivity index (χ1v) is 8.95. The summed E-state index contributed by atoms with van der Waals surface area (Å²) < 4.78 is 5.56. The molecule has 3 amide bonds. The van der Waals surface area contributed by atoms with Crippen molar-refractivity contribution in [2.45, 2.75) is 26.2 Å². The quantitative estimate of drug-likeness (QED) is 0.528. The molecule has 0 unspecified atom stereocenters.